The summed E-state index contributed by atoms with van der Waals surface area (Å²) in [6, 6.07) is 7.36. The number of amides is 2. The van der Waals surface area contributed by atoms with E-state index in [1.54, 1.807) is 0 Å². The van der Waals surface area contributed by atoms with Crippen molar-refractivity contribution in [3.8, 4) is 0 Å². The number of aromatic nitrogens is 1. The summed E-state index contributed by atoms with van der Waals surface area (Å²) >= 11 is 1.41. The third-order valence-corrected chi connectivity index (χ3v) is 4.28. The van der Waals surface area contributed by atoms with Crippen LogP contribution in [0.25, 0.3) is 10.2 Å². The summed E-state index contributed by atoms with van der Waals surface area (Å²) in [5.74, 6) is -1.31. The van der Waals surface area contributed by atoms with Crippen LogP contribution in [0.4, 0.5) is 9.93 Å². The zero-order valence-corrected chi connectivity index (χ0v) is 11.4. The van der Waals surface area contributed by atoms with Gasteiger partial charge in [0, 0.05) is 13.1 Å². The first kappa shape index (κ1) is 12.9. The molecule has 0 spiro atoms. The third kappa shape index (κ3) is 2.44. The number of carbonyl (C=O) groups is 2. The Kier molecular flexibility index (Phi) is 3.27. The smallest absolute Gasteiger partial charge is 0.323 e. The Morgan fingerprint density at radius 1 is 1.40 bits per heavy atom. The molecule has 1 saturated heterocycles. The van der Waals surface area contributed by atoms with Gasteiger partial charge < -0.3 is 10.0 Å². The molecule has 2 N–H and O–H groups in total. The van der Waals surface area contributed by atoms with Gasteiger partial charge in [0.05, 0.1) is 16.1 Å². The molecule has 6 nitrogen and oxygen atoms in total. The van der Waals surface area contributed by atoms with Crippen molar-refractivity contribution in [2.24, 2.45) is 5.92 Å². The number of nitrogens with one attached hydrogen (secondary N) is 1. The minimum Gasteiger partial charge on any atom is -0.481 e. The SMILES string of the molecule is O=C(O)C1CCN(C(=O)Nc2nc3ccccc3s2)C1. The summed E-state index contributed by atoms with van der Waals surface area (Å²) in [4.78, 5) is 28.8. The number of likely N-dealkylation sites (tertiary alicyclic amines) is 1. The third-order valence-electron chi connectivity index (χ3n) is 3.33. The van der Waals surface area contributed by atoms with E-state index in [-0.39, 0.29) is 12.6 Å². The molecule has 1 aliphatic heterocycles. The molecule has 3 rings (SSSR count). The number of benzene rings is 1. The molecule has 1 fully saturated rings. The highest BCUT2D eigenvalue weighted by Gasteiger charge is 2.31. The number of para-hydroxylation sites is 1. The van der Waals surface area contributed by atoms with Gasteiger partial charge in [-0.1, -0.05) is 23.5 Å². The van der Waals surface area contributed by atoms with E-state index in [1.165, 1.54) is 16.2 Å². The molecule has 0 aliphatic carbocycles. The van der Waals surface area contributed by atoms with E-state index >= 15 is 0 Å². The van der Waals surface area contributed by atoms with E-state index in [4.69, 9.17) is 5.11 Å². The summed E-state index contributed by atoms with van der Waals surface area (Å²) in [7, 11) is 0. The van der Waals surface area contributed by atoms with E-state index in [1.807, 2.05) is 24.3 Å². The van der Waals surface area contributed by atoms with Crippen molar-refractivity contribution in [2.75, 3.05) is 18.4 Å². The van der Waals surface area contributed by atoms with E-state index in [0.29, 0.717) is 18.1 Å². The average Bonchev–Trinajstić information content (AvgIpc) is 3.04. The summed E-state index contributed by atoms with van der Waals surface area (Å²) in [5, 5.41) is 12.2. The Bertz CT molecular complexity index is 637. The number of rotatable bonds is 2. The number of fused-ring (bicyclic) bond motifs is 1. The van der Waals surface area contributed by atoms with Crippen LogP contribution in [0.15, 0.2) is 24.3 Å². The van der Waals surface area contributed by atoms with E-state index < -0.39 is 11.9 Å². The highest BCUT2D eigenvalue weighted by Crippen LogP contribution is 2.26. The molecular formula is C13H13N3O3S. The van der Waals surface area contributed by atoms with Crippen molar-refractivity contribution in [3.05, 3.63) is 24.3 Å². The zero-order chi connectivity index (χ0) is 14.1. The van der Waals surface area contributed by atoms with Gasteiger partial charge in [0.25, 0.3) is 0 Å². The molecule has 104 valence electrons. The van der Waals surface area contributed by atoms with E-state index in [9.17, 15) is 9.59 Å². The quantitative estimate of drug-likeness (QED) is 0.889. The lowest BCUT2D eigenvalue weighted by Crippen LogP contribution is -2.33. The van der Waals surface area contributed by atoms with Gasteiger partial charge in [0.1, 0.15) is 0 Å². The van der Waals surface area contributed by atoms with E-state index in [2.05, 4.69) is 10.3 Å². The fraction of sp³-hybridized carbons (Fsp3) is 0.308. The number of hydrogen-bond donors (Lipinski definition) is 2. The number of carbonyl (C=O) groups excluding carboxylic acids is 1. The van der Waals surface area contributed by atoms with Gasteiger partial charge >= 0.3 is 12.0 Å². The van der Waals surface area contributed by atoms with E-state index in [0.717, 1.165) is 10.2 Å². The fourth-order valence-corrected chi connectivity index (χ4v) is 3.10. The number of thiazole rings is 1. The topological polar surface area (TPSA) is 82.5 Å². The number of anilines is 1. The van der Waals surface area contributed by atoms with Crippen LogP contribution in [0.1, 0.15) is 6.42 Å². The molecule has 1 unspecified atom stereocenters. The number of urea groups is 1. The van der Waals surface area contributed by atoms with Crippen LogP contribution in [0.3, 0.4) is 0 Å². The van der Waals surface area contributed by atoms with Crippen LogP contribution in [0.5, 0.6) is 0 Å². The second kappa shape index (κ2) is 5.09. The molecule has 0 bridgehead atoms. The predicted octanol–water partition coefficient (Wildman–Crippen LogP) is 2.23. The maximum Gasteiger partial charge on any atom is 0.323 e. The van der Waals surface area contributed by atoms with Crippen LogP contribution in [-0.2, 0) is 4.79 Å². The lowest BCUT2D eigenvalue weighted by molar-refractivity contribution is -0.141. The molecular weight excluding hydrogens is 278 g/mol. The minimum atomic E-state index is -0.847. The second-order valence-corrected chi connectivity index (χ2v) is 5.72. The van der Waals surface area contributed by atoms with Gasteiger partial charge in [-0.25, -0.2) is 9.78 Å². The summed E-state index contributed by atoms with van der Waals surface area (Å²) in [6.07, 6.45) is 0.503. The van der Waals surface area contributed by atoms with Gasteiger partial charge in [-0.05, 0) is 18.6 Å². The molecule has 1 aliphatic rings. The minimum absolute atomic E-state index is 0.256. The molecule has 1 atom stereocenters. The molecule has 0 saturated carbocycles. The summed E-state index contributed by atoms with van der Waals surface area (Å²) in [6.45, 7) is 0.722. The van der Waals surface area contributed by atoms with Crippen molar-refractivity contribution < 1.29 is 14.7 Å². The summed E-state index contributed by atoms with van der Waals surface area (Å²) in [5.41, 5.74) is 0.845. The molecule has 7 heteroatoms. The Labute approximate surface area is 119 Å². The first-order chi connectivity index (χ1) is 9.63. The Morgan fingerprint density at radius 2 is 2.20 bits per heavy atom. The molecule has 1 aromatic heterocycles. The van der Waals surface area contributed by atoms with Crippen LogP contribution in [-0.4, -0.2) is 40.1 Å². The van der Waals surface area contributed by atoms with Crippen molar-refractivity contribution >= 4 is 38.7 Å². The van der Waals surface area contributed by atoms with Crippen molar-refractivity contribution in [3.63, 3.8) is 0 Å². The monoisotopic (exact) mass is 291 g/mol. The number of aliphatic carboxylic acids is 1. The number of carboxylic acids is 1. The Morgan fingerprint density at radius 3 is 2.90 bits per heavy atom. The first-order valence-corrected chi connectivity index (χ1v) is 7.09. The lowest BCUT2D eigenvalue weighted by atomic mass is 10.1. The molecule has 2 aromatic rings. The number of nitrogens with zero attached hydrogens (tertiary/aromatic N) is 2. The lowest BCUT2D eigenvalue weighted by Gasteiger charge is -2.15. The van der Waals surface area contributed by atoms with Crippen LogP contribution in [0.2, 0.25) is 0 Å². The van der Waals surface area contributed by atoms with Crippen LogP contribution >= 0.6 is 11.3 Å². The maximum atomic E-state index is 12.0. The fourth-order valence-electron chi connectivity index (χ4n) is 2.24. The average molecular weight is 291 g/mol. The van der Waals surface area contributed by atoms with Crippen molar-refractivity contribution in [1.82, 2.24) is 9.88 Å². The molecule has 0 radical (unpaired) electrons. The van der Waals surface area contributed by atoms with Gasteiger partial charge in [-0.15, -0.1) is 0 Å². The molecule has 1 aromatic carbocycles. The highest BCUT2D eigenvalue weighted by molar-refractivity contribution is 7.22. The molecule has 20 heavy (non-hydrogen) atoms. The second-order valence-electron chi connectivity index (χ2n) is 4.69. The largest absolute Gasteiger partial charge is 0.481 e. The van der Waals surface area contributed by atoms with Gasteiger partial charge in [-0.2, -0.15) is 0 Å². The number of hydrogen-bond acceptors (Lipinski definition) is 4. The van der Waals surface area contributed by atoms with Crippen LogP contribution in [0, 0.1) is 5.92 Å². The van der Waals surface area contributed by atoms with Gasteiger partial charge in [-0.3, -0.25) is 10.1 Å². The molecule has 2 amide bonds. The standard InChI is InChI=1S/C13H13N3O3S/c17-11(18)8-5-6-16(7-8)13(19)15-12-14-9-3-1-2-4-10(9)20-12/h1-4,8H,5-7H2,(H,17,18)(H,14,15,19). The highest BCUT2D eigenvalue weighted by atomic mass is 32.1. The Hall–Kier alpha value is -2.15. The molecule has 2 heterocycles. The van der Waals surface area contributed by atoms with Crippen LogP contribution < -0.4 is 5.32 Å². The number of carboxylic acid groups (broad SMARTS) is 1. The summed E-state index contributed by atoms with van der Waals surface area (Å²) < 4.78 is 1.01. The maximum absolute atomic E-state index is 12.0. The van der Waals surface area contributed by atoms with Crippen molar-refractivity contribution in [1.29, 1.82) is 0 Å². The first-order valence-electron chi connectivity index (χ1n) is 6.28. The van der Waals surface area contributed by atoms with Gasteiger partial charge in [0.15, 0.2) is 5.13 Å². The van der Waals surface area contributed by atoms with Crippen molar-refractivity contribution in [2.45, 2.75) is 6.42 Å². The van der Waals surface area contributed by atoms with Gasteiger partial charge in [0.2, 0.25) is 0 Å². The zero-order valence-electron chi connectivity index (χ0n) is 10.6. The normalized spacial score (nSPS) is 18.4. The Balaban J connectivity index is 1.68. The predicted molar refractivity (Wildman–Crippen MR) is 76.0 cm³/mol.